The number of fused-ring (bicyclic) bond motifs is 2. The van der Waals surface area contributed by atoms with E-state index in [2.05, 4.69) is 28.3 Å². The summed E-state index contributed by atoms with van der Waals surface area (Å²) < 4.78 is 5.87. The molecule has 4 rings (SSSR count). The van der Waals surface area contributed by atoms with Crippen LogP contribution in [0, 0.1) is 6.92 Å². The molecule has 18 heavy (non-hydrogen) atoms. The van der Waals surface area contributed by atoms with Crippen LogP contribution < -0.4 is 5.32 Å². The number of nitrogens with zero attached hydrogens (tertiary/aromatic N) is 2. The fourth-order valence-electron chi connectivity index (χ4n) is 3.17. The van der Waals surface area contributed by atoms with Crippen molar-refractivity contribution in [2.24, 2.45) is 0 Å². The van der Waals surface area contributed by atoms with Crippen molar-refractivity contribution in [2.75, 3.05) is 5.32 Å². The predicted molar refractivity (Wildman–Crippen MR) is 68.7 cm³/mol. The maximum Gasteiger partial charge on any atom is 0.134 e. The molecule has 4 heteroatoms. The van der Waals surface area contributed by atoms with Crippen LogP contribution in [-0.2, 0) is 4.74 Å². The summed E-state index contributed by atoms with van der Waals surface area (Å²) in [5.41, 5.74) is 1.07. The quantitative estimate of drug-likeness (QED) is 0.888. The molecule has 96 valence electrons. The number of aryl methyl sites for hydroxylation is 1. The van der Waals surface area contributed by atoms with Gasteiger partial charge in [0, 0.05) is 17.7 Å². The first-order valence-electron chi connectivity index (χ1n) is 7.05. The van der Waals surface area contributed by atoms with Crippen molar-refractivity contribution in [3.8, 4) is 0 Å². The van der Waals surface area contributed by atoms with Gasteiger partial charge in [0.1, 0.15) is 11.6 Å². The van der Waals surface area contributed by atoms with Crippen LogP contribution in [0.5, 0.6) is 0 Å². The second-order valence-corrected chi connectivity index (χ2v) is 5.89. The van der Waals surface area contributed by atoms with E-state index in [1.807, 2.05) is 0 Å². The predicted octanol–water partition coefficient (Wildman–Crippen LogP) is 2.39. The lowest BCUT2D eigenvalue weighted by atomic mass is 9.95. The monoisotopic (exact) mass is 245 g/mol. The van der Waals surface area contributed by atoms with Crippen molar-refractivity contribution in [2.45, 2.75) is 63.2 Å². The lowest BCUT2D eigenvalue weighted by molar-refractivity contribution is 0.102. The molecule has 2 bridgehead atoms. The summed E-state index contributed by atoms with van der Waals surface area (Å²) in [7, 11) is 0. The fraction of sp³-hybridized carbons (Fsp3) is 0.714. The van der Waals surface area contributed by atoms with Crippen LogP contribution in [0.2, 0.25) is 0 Å². The number of hydrogen-bond donors (Lipinski definition) is 1. The number of aromatic nitrogens is 2. The first-order chi connectivity index (χ1) is 8.78. The van der Waals surface area contributed by atoms with Gasteiger partial charge in [-0.3, -0.25) is 0 Å². The molecule has 3 atom stereocenters. The Labute approximate surface area is 107 Å². The maximum atomic E-state index is 5.87. The Balaban J connectivity index is 1.53. The summed E-state index contributed by atoms with van der Waals surface area (Å²) in [6.07, 6.45) is 6.95. The average molecular weight is 245 g/mol. The van der Waals surface area contributed by atoms with Crippen LogP contribution >= 0.6 is 0 Å². The molecule has 1 aromatic heterocycles. The first-order valence-corrected chi connectivity index (χ1v) is 7.05. The van der Waals surface area contributed by atoms with Gasteiger partial charge in [-0.05, 0) is 39.0 Å². The van der Waals surface area contributed by atoms with Gasteiger partial charge in [-0.25, -0.2) is 9.97 Å². The van der Waals surface area contributed by atoms with Gasteiger partial charge in [-0.1, -0.05) is 0 Å². The van der Waals surface area contributed by atoms with E-state index in [4.69, 9.17) is 4.74 Å². The number of hydrogen-bond acceptors (Lipinski definition) is 4. The van der Waals surface area contributed by atoms with Gasteiger partial charge in [-0.15, -0.1) is 0 Å². The van der Waals surface area contributed by atoms with E-state index in [-0.39, 0.29) is 0 Å². The van der Waals surface area contributed by atoms with E-state index in [9.17, 15) is 0 Å². The second-order valence-electron chi connectivity index (χ2n) is 5.89. The van der Waals surface area contributed by atoms with Crippen LogP contribution in [0.1, 0.15) is 49.5 Å². The minimum Gasteiger partial charge on any atom is -0.373 e. The molecular formula is C14H19N3O. The van der Waals surface area contributed by atoms with E-state index in [0.717, 1.165) is 23.8 Å². The normalized spacial score (nSPS) is 33.9. The third-order valence-electron chi connectivity index (χ3n) is 4.25. The Morgan fingerprint density at radius 3 is 2.78 bits per heavy atom. The summed E-state index contributed by atoms with van der Waals surface area (Å²) in [4.78, 5) is 9.20. The zero-order chi connectivity index (χ0) is 12.1. The van der Waals surface area contributed by atoms with Gasteiger partial charge in [0.05, 0.1) is 18.2 Å². The average Bonchev–Trinajstić information content (AvgIpc) is 3.00. The molecule has 2 saturated heterocycles. The van der Waals surface area contributed by atoms with Crippen LogP contribution in [0.15, 0.2) is 6.07 Å². The minimum absolute atomic E-state index is 0.398. The summed E-state index contributed by atoms with van der Waals surface area (Å²) in [6.45, 7) is 2.05. The van der Waals surface area contributed by atoms with E-state index < -0.39 is 0 Å². The maximum absolute atomic E-state index is 5.87. The Hall–Kier alpha value is -1.16. The number of ether oxygens (including phenoxy) is 1. The van der Waals surface area contributed by atoms with Gasteiger partial charge in [0.25, 0.3) is 0 Å². The van der Waals surface area contributed by atoms with Gasteiger partial charge in [-0.2, -0.15) is 0 Å². The van der Waals surface area contributed by atoms with Crippen LogP contribution in [0.25, 0.3) is 0 Å². The van der Waals surface area contributed by atoms with Crippen LogP contribution in [0.3, 0.4) is 0 Å². The topological polar surface area (TPSA) is 47.0 Å². The van der Waals surface area contributed by atoms with Crippen molar-refractivity contribution >= 4 is 5.82 Å². The van der Waals surface area contributed by atoms with Crippen molar-refractivity contribution in [1.29, 1.82) is 0 Å². The van der Waals surface area contributed by atoms with E-state index in [1.165, 1.54) is 25.7 Å². The zero-order valence-corrected chi connectivity index (χ0v) is 10.7. The molecule has 0 spiro atoms. The van der Waals surface area contributed by atoms with E-state index in [0.29, 0.717) is 24.2 Å². The van der Waals surface area contributed by atoms with Gasteiger partial charge in [0.2, 0.25) is 0 Å². The van der Waals surface area contributed by atoms with E-state index >= 15 is 0 Å². The number of anilines is 1. The molecule has 1 aliphatic carbocycles. The molecule has 1 aromatic rings. The minimum atomic E-state index is 0.398. The van der Waals surface area contributed by atoms with Crippen molar-refractivity contribution in [3.05, 3.63) is 17.6 Å². The van der Waals surface area contributed by atoms with Crippen molar-refractivity contribution in [3.63, 3.8) is 0 Å². The Morgan fingerprint density at radius 2 is 2.11 bits per heavy atom. The molecule has 0 aromatic carbocycles. The highest BCUT2D eigenvalue weighted by atomic mass is 16.5. The smallest absolute Gasteiger partial charge is 0.134 e. The molecule has 3 heterocycles. The Bertz CT molecular complexity index is 472. The Kier molecular flexibility index (Phi) is 2.34. The second kappa shape index (κ2) is 3.92. The highest BCUT2D eigenvalue weighted by Crippen LogP contribution is 2.39. The third kappa shape index (κ3) is 1.88. The molecule has 0 amide bonds. The van der Waals surface area contributed by atoms with Crippen LogP contribution in [0.4, 0.5) is 5.82 Å². The molecule has 3 fully saturated rings. The summed E-state index contributed by atoms with van der Waals surface area (Å²) in [6, 6.07) is 2.50. The fourth-order valence-corrected chi connectivity index (χ4v) is 3.17. The SMILES string of the molecule is Cc1cc(N[C@@H]2C[C@H]3CC[C@H]2O3)nc(C2CC2)n1. The summed E-state index contributed by atoms with van der Waals surface area (Å²) in [5.74, 6) is 2.63. The standard InChI is InChI=1S/C14H19N3O/c1-8-6-13(17-14(15-8)9-2-3-9)16-11-7-10-4-5-12(11)18-10/h6,9-12H,2-5,7H2,1H3,(H,15,16,17)/t10-,11-,12-/m1/s1. The number of nitrogens with one attached hydrogen (secondary N) is 1. The highest BCUT2D eigenvalue weighted by Gasteiger charge is 2.41. The van der Waals surface area contributed by atoms with Crippen molar-refractivity contribution < 1.29 is 4.74 Å². The molecule has 3 aliphatic rings. The molecule has 4 nitrogen and oxygen atoms in total. The largest absolute Gasteiger partial charge is 0.373 e. The van der Waals surface area contributed by atoms with Gasteiger partial charge >= 0.3 is 0 Å². The third-order valence-corrected chi connectivity index (χ3v) is 4.25. The molecule has 1 saturated carbocycles. The molecular weight excluding hydrogens is 226 g/mol. The lowest BCUT2D eigenvalue weighted by Gasteiger charge is -2.21. The van der Waals surface area contributed by atoms with E-state index in [1.54, 1.807) is 0 Å². The molecule has 0 radical (unpaired) electrons. The highest BCUT2D eigenvalue weighted by molar-refractivity contribution is 5.39. The van der Waals surface area contributed by atoms with Crippen LogP contribution in [-0.4, -0.2) is 28.2 Å². The van der Waals surface area contributed by atoms with Gasteiger partial charge in [0.15, 0.2) is 0 Å². The zero-order valence-electron chi connectivity index (χ0n) is 10.7. The lowest BCUT2D eigenvalue weighted by Crippen LogP contribution is -2.31. The van der Waals surface area contributed by atoms with Crippen molar-refractivity contribution in [1.82, 2.24) is 9.97 Å². The summed E-state index contributed by atoms with van der Waals surface area (Å²) in [5, 5.41) is 3.56. The first kappa shape index (κ1) is 10.7. The molecule has 0 unspecified atom stereocenters. The Morgan fingerprint density at radius 1 is 1.22 bits per heavy atom. The van der Waals surface area contributed by atoms with Gasteiger partial charge < -0.3 is 10.1 Å². The summed E-state index contributed by atoms with van der Waals surface area (Å²) >= 11 is 0. The molecule has 1 N–H and O–H groups in total. The number of rotatable bonds is 3. The molecule has 2 aliphatic heterocycles.